The molecule has 0 aromatic rings. The fourth-order valence-corrected chi connectivity index (χ4v) is 37.8. The van der Waals surface area contributed by atoms with E-state index >= 15 is 0 Å². The van der Waals surface area contributed by atoms with Gasteiger partial charge in [-0.2, -0.15) is 0 Å². The zero-order valence-corrected chi connectivity index (χ0v) is 54.4. The maximum absolute atomic E-state index is 13.7. The quantitative estimate of drug-likeness (QED) is 0.0251. The number of ether oxygens (including phenoxy) is 4. The van der Waals surface area contributed by atoms with E-state index in [1.165, 1.54) is 104 Å². The van der Waals surface area contributed by atoms with E-state index in [1.807, 2.05) is 6.08 Å². The number of carbonyl (C=O) groups is 2. The van der Waals surface area contributed by atoms with E-state index in [2.05, 4.69) is 117 Å². The van der Waals surface area contributed by atoms with Crippen LogP contribution in [0.5, 0.6) is 0 Å². The van der Waals surface area contributed by atoms with Crippen LogP contribution in [-0.2, 0) is 49.1 Å². The third-order valence-corrected chi connectivity index (χ3v) is 33.4. The number of hydrogen-bond donors (Lipinski definition) is 0. The van der Waals surface area contributed by atoms with Crippen LogP contribution in [0, 0.1) is 0 Å². The van der Waals surface area contributed by atoms with Crippen LogP contribution >= 0.6 is 0 Å². The highest BCUT2D eigenvalue weighted by Crippen LogP contribution is 2.39. The summed E-state index contributed by atoms with van der Waals surface area (Å²) in [4.78, 5) is 24.4. The highest BCUT2D eigenvalue weighted by atomic mass is 28.5. The number of hydrogen-bond acceptors (Lipinski definition) is 11. The molecule has 69 heavy (non-hydrogen) atoms. The lowest BCUT2D eigenvalue weighted by Crippen LogP contribution is -2.64. The lowest BCUT2D eigenvalue weighted by molar-refractivity contribution is -0.142. The van der Waals surface area contributed by atoms with E-state index in [0.29, 0.717) is 26.1 Å². The SMILES string of the molecule is C=CCCCCCCCCC(=O)OC.C=CCOCCCCC.CCCCCCCCCC(C(=O)OC)[Si](C)(O[Si](C)(C)O[Si](C)(C)C)O[Si](C)(CCCOCCCCC)O[Si](C)(C)O[Si](C)(C)C. The lowest BCUT2D eigenvalue weighted by atomic mass is 10.1. The van der Waals surface area contributed by atoms with Crippen LogP contribution in [0.25, 0.3) is 0 Å². The smallest absolute Gasteiger partial charge is 0.331 e. The fraction of sp³-hybridized carbons (Fsp3) is 0.885. The Morgan fingerprint density at radius 2 is 0.928 bits per heavy atom. The third kappa shape index (κ3) is 46.9. The van der Waals surface area contributed by atoms with Gasteiger partial charge in [0.15, 0.2) is 16.6 Å². The van der Waals surface area contributed by atoms with Gasteiger partial charge >= 0.3 is 46.2 Å². The highest BCUT2D eigenvalue weighted by Gasteiger charge is 2.56. The van der Waals surface area contributed by atoms with Crippen molar-refractivity contribution in [1.29, 1.82) is 0 Å². The second kappa shape index (κ2) is 42.8. The summed E-state index contributed by atoms with van der Waals surface area (Å²) in [5, 5.41) is 0. The van der Waals surface area contributed by atoms with Gasteiger partial charge in [0.05, 0.1) is 26.4 Å². The topological polar surface area (TPSA) is 117 Å². The Labute approximate surface area is 434 Å². The predicted molar refractivity (Wildman–Crippen MR) is 308 cm³/mol. The summed E-state index contributed by atoms with van der Waals surface area (Å²) in [6.45, 7) is 42.7. The maximum atomic E-state index is 13.7. The molecule has 0 bridgehead atoms. The first-order valence-electron chi connectivity index (χ1n) is 27.3. The van der Waals surface area contributed by atoms with Gasteiger partial charge in [-0.25, -0.2) is 0 Å². The van der Waals surface area contributed by atoms with Gasteiger partial charge < -0.3 is 39.5 Å². The van der Waals surface area contributed by atoms with Crippen LogP contribution in [0.1, 0.15) is 168 Å². The summed E-state index contributed by atoms with van der Waals surface area (Å²) in [6.07, 6.45) is 29.5. The number of rotatable bonds is 43. The average molecular weight is 1080 g/mol. The van der Waals surface area contributed by atoms with Gasteiger partial charge in [-0.1, -0.05) is 129 Å². The standard InChI is InChI=1S/C32H76O8Si6.C12H22O2.C8H16O/c1-16-18-20-21-22-23-24-27-31(32(33)34-3)46(15,39-44(12,13)37-42(7,8)9)40-45(14,30-26-29-35-28-25-19-17-2)38-43(10,11)36-41(4,5)6;1-3-4-5-6-7-8-9-10-11-12(13)14-2;1-3-5-6-8-9-7-4-2/h31H,16-30H2,1-15H3;3H,1,4-11H2,2H3;4H,2-3,5-8H2,1H3. The molecule has 11 nitrogen and oxygen atoms in total. The van der Waals surface area contributed by atoms with Crippen LogP contribution in [0.3, 0.4) is 0 Å². The monoisotopic (exact) mass is 1080 g/mol. The highest BCUT2D eigenvalue weighted by molar-refractivity contribution is 6.92. The van der Waals surface area contributed by atoms with Gasteiger partial charge in [0.1, 0.15) is 0 Å². The van der Waals surface area contributed by atoms with Crippen LogP contribution in [0.4, 0.5) is 0 Å². The molecule has 0 spiro atoms. The molecule has 0 aliphatic heterocycles. The summed E-state index contributed by atoms with van der Waals surface area (Å²) in [7, 11) is -12.4. The van der Waals surface area contributed by atoms with E-state index in [-0.39, 0.29) is 11.9 Å². The van der Waals surface area contributed by atoms with Crippen LogP contribution in [0.15, 0.2) is 25.3 Å². The first-order valence-corrected chi connectivity index (χ1v) is 44.6. The van der Waals surface area contributed by atoms with Crippen molar-refractivity contribution in [3.05, 3.63) is 25.3 Å². The molecule has 0 heterocycles. The van der Waals surface area contributed by atoms with Crippen molar-refractivity contribution in [2.75, 3.05) is 40.6 Å². The van der Waals surface area contributed by atoms with Gasteiger partial charge in [0, 0.05) is 26.2 Å². The van der Waals surface area contributed by atoms with Crippen molar-refractivity contribution < 1.29 is 49.1 Å². The molecule has 0 aliphatic rings. The minimum absolute atomic E-state index is 0.0864. The zero-order valence-electron chi connectivity index (χ0n) is 48.4. The molecule has 3 atom stereocenters. The first-order chi connectivity index (χ1) is 32.2. The van der Waals surface area contributed by atoms with E-state index in [9.17, 15) is 9.59 Å². The summed E-state index contributed by atoms with van der Waals surface area (Å²) in [6, 6.07) is 0.737. The molecular formula is C52H114O11Si6. The molecule has 0 aromatic heterocycles. The Balaban J connectivity index is -0.00000154. The van der Waals surface area contributed by atoms with E-state index in [1.54, 1.807) is 6.08 Å². The van der Waals surface area contributed by atoms with Crippen molar-refractivity contribution >= 4 is 62.8 Å². The summed E-state index contributed by atoms with van der Waals surface area (Å²) in [5.74, 6) is -0.333. The number of carbonyl (C=O) groups excluding carboxylic acids is 2. The number of unbranched alkanes of at least 4 members (excludes halogenated alkanes) is 16. The minimum Gasteiger partial charge on any atom is -0.469 e. The zero-order chi connectivity index (χ0) is 53.3. The van der Waals surface area contributed by atoms with E-state index < -0.39 is 56.4 Å². The molecule has 0 fully saturated rings. The van der Waals surface area contributed by atoms with Crippen LogP contribution in [0.2, 0.25) is 90.1 Å². The van der Waals surface area contributed by atoms with Gasteiger partial charge in [-0.05, 0) is 130 Å². The molecule has 3 unspecified atom stereocenters. The maximum Gasteiger partial charge on any atom is 0.331 e. The molecule has 0 aliphatic carbocycles. The molecule has 0 N–H and O–H groups in total. The van der Waals surface area contributed by atoms with Gasteiger partial charge in [-0.3, -0.25) is 9.59 Å². The van der Waals surface area contributed by atoms with Crippen molar-refractivity contribution in [2.45, 2.75) is 259 Å². The van der Waals surface area contributed by atoms with Gasteiger partial charge in [0.25, 0.3) is 0 Å². The molecule has 0 rings (SSSR count). The van der Waals surface area contributed by atoms with Crippen molar-refractivity contribution in [3.63, 3.8) is 0 Å². The average Bonchev–Trinajstić information content (AvgIpc) is 3.23. The Morgan fingerprint density at radius 1 is 0.478 bits per heavy atom. The van der Waals surface area contributed by atoms with Crippen LogP contribution in [-0.4, -0.2) is 103 Å². The Kier molecular flexibility index (Phi) is 45.0. The molecule has 0 amide bonds. The minimum atomic E-state index is -3.30. The summed E-state index contributed by atoms with van der Waals surface area (Å²) < 4.78 is 56.2. The molecule has 0 aromatic carbocycles. The van der Waals surface area contributed by atoms with Crippen molar-refractivity contribution in [3.8, 4) is 0 Å². The molecule has 412 valence electrons. The van der Waals surface area contributed by atoms with Crippen molar-refractivity contribution in [1.82, 2.24) is 0 Å². The van der Waals surface area contributed by atoms with E-state index in [0.717, 1.165) is 64.2 Å². The number of esters is 2. The Hall–Kier alpha value is -0.559. The predicted octanol–water partition coefficient (Wildman–Crippen LogP) is 16.4. The number of allylic oxidation sites excluding steroid dienone is 1. The Bertz CT molecular complexity index is 1260. The summed E-state index contributed by atoms with van der Waals surface area (Å²) in [5.41, 5.74) is -0.478. The largest absolute Gasteiger partial charge is 0.469 e. The molecule has 0 saturated heterocycles. The molecule has 0 saturated carbocycles. The first kappa shape index (κ1) is 72.7. The normalized spacial score (nSPS) is 14.3. The van der Waals surface area contributed by atoms with Crippen LogP contribution < -0.4 is 0 Å². The molecule has 0 radical (unpaired) electrons. The Morgan fingerprint density at radius 3 is 1.41 bits per heavy atom. The summed E-state index contributed by atoms with van der Waals surface area (Å²) >= 11 is 0. The second-order valence-electron chi connectivity index (χ2n) is 21.7. The second-order valence-corrected chi connectivity index (χ2v) is 45.3. The third-order valence-electron chi connectivity index (χ3n) is 10.9. The van der Waals surface area contributed by atoms with Crippen molar-refractivity contribution in [2.24, 2.45) is 0 Å². The number of methoxy groups -OCH3 is 2. The fourth-order valence-electron chi connectivity index (χ4n) is 8.32. The van der Waals surface area contributed by atoms with Gasteiger partial charge in [0.2, 0.25) is 0 Å². The lowest BCUT2D eigenvalue weighted by Gasteiger charge is -2.47. The van der Waals surface area contributed by atoms with Gasteiger partial charge in [-0.15, -0.1) is 13.2 Å². The molecule has 17 heteroatoms. The van der Waals surface area contributed by atoms with E-state index in [4.69, 9.17) is 34.8 Å². The molecular weight excluding hydrogens is 969 g/mol.